The van der Waals surface area contributed by atoms with Crippen LogP contribution in [0, 0.1) is 5.92 Å². The molecular weight excluding hydrogens is 138 g/mol. The maximum atomic E-state index is 11.4. The quantitative estimate of drug-likeness (QED) is 0.620. The molecule has 1 rings (SSSR count). The minimum absolute atomic E-state index is 0.0457. The first-order valence-corrected chi connectivity index (χ1v) is 4.01. The summed E-state index contributed by atoms with van der Waals surface area (Å²) in [5, 5.41) is 0. The van der Waals surface area contributed by atoms with Crippen molar-refractivity contribution in [1.29, 1.82) is 0 Å². The third-order valence-corrected chi connectivity index (χ3v) is 2.46. The maximum Gasteiger partial charge on any atom is 0.178 e. The van der Waals surface area contributed by atoms with Crippen LogP contribution in [-0.4, -0.2) is 11.3 Å². The third-order valence-electron chi connectivity index (χ3n) is 2.46. The fourth-order valence-electron chi connectivity index (χ4n) is 1.53. The Labute approximate surface area is 67.5 Å². The van der Waals surface area contributed by atoms with E-state index in [0.29, 0.717) is 11.5 Å². The number of carbonyl (C=O) groups excluding carboxylic acids is 1. The molecule has 62 valence electrons. The van der Waals surface area contributed by atoms with E-state index in [1.807, 2.05) is 0 Å². The van der Waals surface area contributed by atoms with Crippen LogP contribution >= 0.6 is 0 Å². The van der Waals surface area contributed by atoms with Gasteiger partial charge in [-0.05, 0) is 24.8 Å². The van der Waals surface area contributed by atoms with Gasteiger partial charge in [-0.3, -0.25) is 4.79 Å². The second-order valence-corrected chi connectivity index (χ2v) is 3.46. The lowest BCUT2D eigenvalue weighted by Gasteiger charge is -2.08. The molecule has 1 aliphatic carbocycles. The monoisotopic (exact) mass is 153 g/mol. The van der Waals surface area contributed by atoms with Gasteiger partial charge < -0.3 is 5.73 Å². The molecule has 0 radical (unpaired) electrons. The molecule has 2 N–H and O–H groups in total. The Hall–Kier alpha value is -0.630. The lowest BCUT2D eigenvalue weighted by molar-refractivity contribution is -0.117. The normalized spacial score (nSPS) is 35.0. The topological polar surface area (TPSA) is 43.1 Å². The first kappa shape index (κ1) is 8.47. The number of hydrogen-bond acceptors (Lipinski definition) is 2. The molecule has 11 heavy (non-hydrogen) atoms. The van der Waals surface area contributed by atoms with Gasteiger partial charge in [0.15, 0.2) is 5.78 Å². The van der Waals surface area contributed by atoms with E-state index in [1.54, 1.807) is 6.92 Å². The highest BCUT2D eigenvalue weighted by Crippen LogP contribution is 2.45. The Morgan fingerprint density at radius 2 is 2.36 bits per heavy atom. The van der Waals surface area contributed by atoms with Crippen LogP contribution < -0.4 is 5.73 Å². The van der Waals surface area contributed by atoms with Crippen molar-refractivity contribution in [3.05, 3.63) is 12.2 Å². The molecule has 2 heteroatoms. The van der Waals surface area contributed by atoms with E-state index < -0.39 is 5.54 Å². The van der Waals surface area contributed by atoms with Gasteiger partial charge in [-0.25, -0.2) is 0 Å². The van der Waals surface area contributed by atoms with Crippen LogP contribution in [0.1, 0.15) is 26.7 Å². The summed E-state index contributed by atoms with van der Waals surface area (Å²) in [7, 11) is 0. The third kappa shape index (κ3) is 1.23. The molecule has 1 fully saturated rings. The van der Waals surface area contributed by atoms with Crippen LogP contribution in [0.15, 0.2) is 12.2 Å². The van der Waals surface area contributed by atoms with Crippen molar-refractivity contribution < 1.29 is 4.79 Å². The zero-order valence-corrected chi connectivity index (χ0v) is 7.18. The molecule has 0 aromatic rings. The highest BCUT2D eigenvalue weighted by atomic mass is 16.1. The minimum Gasteiger partial charge on any atom is -0.318 e. The summed E-state index contributed by atoms with van der Waals surface area (Å²) >= 11 is 0. The Morgan fingerprint density at radius 1 is 1.82 bits per heavy atom. The standard InChI is InChI=1S/C9H15NO/c1-4-7-5-9(7,10)8(11)6(2)3/h7H,2,4-5,10H2,1,3H3/t7-,9-/m1/s1. The zero-order valence-electron chi connectivity index (χ0n) is 7.18. The smallest absolute Gasteiger partial charge is 0.178 e. The molecule has 0 aliphatic heterocycles. The lowest BCUT2D eigenvalue weighted by Crippen LogP contribution is -2.35. The highest BCUT2D eigenvalue weighted by molar-refractivity contribution is 6.04. The van der Waals surface area contributed by atoms with Gasteiger partial charge in [-0.2, -0.15) is 0 Å². The van der Waals surface area contributed by atoms with Gasteiger partial charge in [0.25, 0.3) is 0 Å². The van der Waals surface area contributed by atoms with E-state index in [0.717, 1.165) is 12.8 Å². The second-order valence-electron chi connectivity index (χ2n) is 3.46. The van der Waals surface area contributed by atoms with E-state index in [-0.39, 0.29) is 5.78 Å². The molecule has 0 bridgehead atoms. The summed E-state index contributed by atoms with van der Waals surface area (Å²) in [6, 6.07) is 0. The number of rotatable bonds is 3. The molecule has 0 spiro atoms. The minimum atomic E-state index is -0.541. The summed E-state index contributed by atoms with van der Waals surface area (Å²) in [5.74, 6) is 0.441. The summed E-state index contributed by atoms with van der Waals surface area (Å²) < 4.78 is 0. The molecular formula is C9H15NO. The maximum absolute atomic E-state index is 11.4. The van der Waals surface area contributed by atoms with Crippen LogP contribution in [0.3, 0.4) is 0 Å². The molecule has 2 nitrogen and oxygen atoms in total. The van der Waals surface area contributed by atoms with Gasteiger partial charge in [0.2, 0.25) is 0 Å². The lowest BCUT2D eigenvalue weighted by atomic mass is 10.0. The van der Waals surface area contributed by atoms with Crippen molar-refractivity contribution in [2.75, 3.05) is 0 Å². The number of hydrogen-bond donors (Lipinski definition) is 1. The van der Waals surface area contributed by atoms with Gasteiger partial charge in [0.05, 0.1) is 5.54 Å². The largest absolute Gasteiger partial charge is 0.318 e. The van der Waals surface area contributed by atoms with Crippen LogP contribution in [0.2, 0.25) is 0 Å². The number of Topliss-reactive ketones (excluding diaryl/α,β-unsaturated/α-hetero) is 1. The Bertz CT molecular complexity index is 210. The summed E-state index contributed by atoms with van der Waals surface area (Å²) in [5.41, 5.74) is 5.88. The summed E-state index contributed by atoms with van der Waals surface area (Å²) in [4.78, 5) is 11.4. The van der Waals surface area contributed by atoms with Gasteiger partial charge in [-0.15, -0.1) is 0 Å². The highest BCUT2D eigenvalue weighted by Gasteiger charge is 2.55. The van der Waals surface area contributed by atoms with Crippen molar-refractivity contribution in [3.8, 4) is 0 Å². The predicted molar refractivity (Wildman–Crippen MR) is 45.1 cm³/mol. The van der Waals surface area contributed by atoms with E-state index in [2.05, 4.69) is 13.5 Å². The van der Waals surface area contributed by atoms with Gasteiger partial charge in [-0.1, -0.05) is 19.9 Å². The Kier molecular flexibility index (Phi) is 1.89. The second kappa shape index (κ2) is 2.45. The van der Waals surface area contributed by atoms with E-state index in [9.17, 15) is 4.79 Å². The summed E-state index contributed by atoms with van der Waals surface area (Å²) in [6.07, 6.45) is 1.84. The van der Waals surface area contributed by atoms with Crippen LogP contribution in [0.4, 0.5) is 0 Å². The number of nitrogens with two attached hydrogens (primary N) is 1. The first-order chi connectivity index (χ1) is 5.02. The van der Waals surface area contributed by atoms with Gasteiger partial charge in [0.1, 0.15) is 0 Å². The van der Waals surface area contributed by atoms with Gasteiger partial charge >= 0.3 is 0 Å². The van der Waals surface area contributed by atoms with Crippen LogP contribution in [0.5, 0.6) is 0 Å². The average Bonchev–Trinajstić information content (AvgIpc) is 2.61. The van der Waals surface area contributed by atoms with Crippen molar-refractivity contribution in [2.45, 2.75) is 32.2 Å². The fourth-order valence-corrected chi connectivity index (χ4v) is 1.53. The van der Waals surface area contributed by atoms with Crippen molar-refractivity contribution in [3.63, 3.8) is 0 Å². The molecule has 0 heterocycles. The molecule has 0 saturated heterocycles. The van der Waals surface area contributed by atoms with Crippen molar-refractivity contribution >= 4 is 5.78 Å². The van der Waals surface area contributed by atoms with Crippen molar-refractivity contribution in [1.82, 2.24) is 0 Å². The number of ketones is 1. The van der Waals surface area contributed by atoms with E-state index in [1.165, 1.54) is 0 Å². The van der Waals surface area contributed by atoms with E-state index in [4.69, 9.17) is 5.73 Å². The number of carbonyl (C=O) groups is 1. The predicted octanol–water partition coefficient (Wildman–Crippen LogP) is 1.26. The van der Waals surface area contributed by atoms with Crippen molar-refractivity contribution in [2.24, 2.45) is 11.7 Å². The van der Waals surface area contributed by atoms with E-state index >= 15 is 0 Å². The molecule has 0 aromatic heterocycles. The zero-order chi connectivity index (χ0) is 8.65. The first-order valence-electron chi connectivity index (χ1n) is 4.01. The van der Waals surface area contributed by atoms with Gasteiger partial charge in [0, 0.05) is 0 Å². The SMILES string of the molecule is C=C(C)C(=O)[C@@]1(N)C[C@H]1CC. The molecule has 2 atom stereocenters. The Balaban J connectivity index is 2.63. The molecule has 1 saturated carbocycles. The van der Waals surface area contributed by atoms with Crippen LogP contribution in [0.25, 0.3) is 0 Å². The molecule has 1 aliphatic rings. The molecule has 0 aromatic carbocycles. The average molecular weight is 153 g/mol. The molecule has 0 unspecified atom stereocenters. The van der Waals surface area contributed by atoms with Crippen LogP contribution in [-0.2, 0) is 4.79 Å². The molecule has 0 amide bonds. The Morgan fingerprint density at radius 3 is 2.64 bits per heavy atom. The fraction of sp³-hybridized carbons (Fsp3) is 0.667. The summed E-state index contributed by atoms with van der Waals surface area (Å²) in [6.45, 7) is 7.39.